The van der Waals surface area contributed by atoms with Crippen LogP contribution in [-0.2, 0) is 13.6 Å². The van der Waals surface area contributed by atoms with Crippen LogP contribution in [0.1, 0.15) is 11.4 Å². The number of hydrogen-bond donors (Lipinski definition) is 1. The molecule has 25 heavy (non-hydrogen) atoms. The van der Waals surface area contributed by atoms with Gasteiger partial charge in [-0.3, -0.25) is 9.80 Å². The lowest BCUT2D eigenvalue weighted by Gasteiger charge is -2.35. The molecule has 0 bridgehead atoms. The van der Waals surface area contributed by atoms with E-state index in [9.17, 15) is 5.11 Å². The third-order valence-corrected chi connectivity index (χ3v) is 4.74. The number of aliphatic hydroxyl groups is 1. The molecule has 2 heterocycles. The first-order valence-corrected chi connectivity index (χ1v) is 8.89. The van der Waals surface area contributed by atoms with E-state index >= 15 is 0 Å². The Morgan fingerprint density at radius 2 is 1.88 bits per heavy atom. The number of hydrogen-bond acceptors (Lipinski definition) is 5. The molecule has 1 N–H and O–H groups in total. The topological polar surface area (TPSA) is 53.8 Å². The monoisotopic (exact) mass is 344 g/mol. The summed E-state index contributed by atoms with van der Waals surface area (Å²) in [5, 5.41) is 10.3. The molecule has 2 aromatic rings. The van der Waals surface area contributed by atoms with Gasteiger partial charge in [0, 0.05) is 52.2 Å². The summed E-state index contributed by atoms with van der Waals surface area (Å²) in [7, 11) is 2.03. The van der Waals surface area contributed by atoms with Gasteiger partial charge >= 0.3 is 0 Å². The molecule has 0 unspecified atom stereocenters. The van der Waals surface area contributed by atoms with E-state index in [0.29, 0.717) is 13.2 Å². The molecule has 136 valence electrons. The Bertz CT molecular complexity index is 665. The number of piperazine rings is 1. The Hall–Kier alpha value is -1.89. The van der Waals surface area contributed by atoms with Crippen molar-refractivity contribution in [2.75, 3.05) is 39.3 Å². The number of rotatable bonds is 7. The van der Waals surface area contributed by atoms with Gasteiger partial charge in [-0.05, 0) is 18.6 Å². The van der Waals surface area contributed by atoms with Crippen molar-refractivity contribution in [2.24, 2.45) is 7.05 Å². The second-order valence-electron chi connectivity index (χ2n) is 6.76. The number of nitrogens with zero attached hydrogens (tertiary/aromatic N) is 4. The number of ether oxygens (including phenoxy) is 1. The molecular weight excluding hydrogens is 316 g/mol. The first-order chi connectivity index (χ1) is 12.1. The summed E-state index contributed by atoms with van der Waals surface area (Å²) in [5.41, 5.74) is 1.09. The molecule has 1 saturated heterocycles. The zero-order chi connectivity index (χ0) is 17.6. The number of benzene rings is 1. The minimum absolute atomic E-state index is 0.332. The first kappa shape index (κ1) is 17.9. The van der Waals surface area contributed by atoms with Crippen LogP contribution in [0.4, 0.5) is 0 Å². The molecule has 1 aliphatic rings. The highest BCUT2D eigenvalue weighted by Gasteiger charge is 2.20. The van der Waals surface area contributed by atoms with Gasteiger partial charge in [0.25, 0.3) is 0 Å². The Morgan fingerprint density at radius 3 is 2.56 bits per heavy atom. The summed E-state index contributed by atoms with van der Waals surface area (Å²) in [6, 6.07) is 7.90. The second-order valence-corrected chi connectivity index (χ2v) is 6.76. The number of imidazole rings is 1. The van der Waals surface area contributed by atoms with Gasteiger partial charge in [0.1, 0.15) is 24.3 Å². The van der Waals surface area contributed by atoms with Crippen LogP contribution >= 0.6 is 0 Å². The molecule has 0 amide bonds. The number of aryl methyl sites for hydroxylation is 2. The lowest BCUT2D eigenvalue weighted by Crippen LogP contribution is -2.49. The molecule has 1 aromatic heterocycles. The molecule has 1 fully saturated rings. The number of β-amino-alcohol motifs (C(OH)–C–C–N with tert-alkyl or cyclic N) is 1. The minimum atomic E-state index is -0.472. The van der Waals surface area contributed by atoms with E-state index in [-0.39, 0.29) is 0 Å². The first-order valence-electron chi connectivity index (χ1n) is 8.89. The fraction of sp³-hybridized carbons (Fsp3) is 0.526. The van der Waals surface area contributed by atoms with Crippen LogP contribution in [0, 0.1) is 6.92 Å². The van der Waals surface area contributed by atoms with Gasteiger partial charge < -0.3 is 14.4 Å². The Labute approximate surface area is 149 Å². The van der Waals surface area contributed by atoms with Gasteiger partial charge in [0.2, 0.25) is 0 Å². The van der Waals surface area contributed by atoms with Gasteiger partial charge in [0.05, 0.1) is 6.54 Å². The molecule has 0 radical (unpaired) electrons. The third kappa shape index (κ3) is 5.04. The molecule has 3 rings (SSSR count). The summed E-state index contributed by atoms with van der Waals surface area (Å²) in [4.78, 5) is 9.11. The molecule has 0 spiro atoms. The van der Waals surface area contributed by atoms with Gasteiger partial charge in [-0.2, -0.15) is 0 Å². The predicted molar refractivity (Wildman–Crippen MR) is 97.6 cm³/mol. The highest BCUT2D eigenvalue weighted by atomic mass is 16.5. The quantitative estimate of drug-likeness (QED) is 0.820. The van der Waals surface area contributed by atoms with Crippen LogP contribution in [0.2, 0.25) is 0 Å². The molecular formula is C19H28N4O2. The Morgan fingerprint density at radius 1 is 1.16 bits per heavy atom. The number of aromatic nitrogens is 2. The van der Waals surface area contributed by atoms with Gasteiger partial charge in [0.15, 0.2) is 0 Å². The fourth-order valence-corrected chi connectivity index (χ4v) is 3.13. The van der Waals surface area contributed by atoms with Crippen LogP contribution < -0.4 is 4.74 Å². The number of aliphatic hydroxyl groups excluding tert-OH is 1. The maximum Gasteiger partial charge on any atom is 0.122 e. The van der Waals surface area contributed by atoms with Crippen molar-refractivity contribution in [1.29, 1.82) is 0 Å². The van der Waals surface area contributed by atoms with Crippen LogP contribution in [0.3, 0.4) is 0 Å². The average Bonchev–Trinajstić information content (AvgIpc) is 3.01. The Kier molecular flexibility index (Phi) is 6.07. The van der Waals surface area contributed by atoms with Crippen LogP contribution in [0.15, 0.2) is 36.7 Å². The smallest absolute Gasteiger partial charge is 0.122 e. The maximum atomic E-state index is 10.3. The summed E-state index contributed by atoms with van der Waals surface area (Å²) < 4.78 is 7.81. The van der Waals surface area contributed by atoms with E-state index in [2.05, 4.69) is 19.4 Å². The van der Waals surface area contributed by atoms with Crippen molar-refractivity contribution in [1.82, 2.24) is 19.4 Å². The maximum absolute atomic E-state index is 10.3. The van der Waals surface area contributed by atoms with Gasteiger partial charge in [-0.25, -0.2) is 4.98 Å². The summed E-state index contributed by atoms with van der Waals surface area (Å²) in [5.74, 6) is 1.95. The molecule has 6 heteroatoms. The van der Waals surface area contributed by atoms with Crippen molar-refractivity contribution in [3.8, 4) is 5.75 Å². The van der Waals surface area contributed by atoms with E-state index in [0.717, 1.165) is 49.9 Å². The standard InChI is InChI=1S/C19H28N4O2/c1-16-5-3-4-6-18(16)25-15-17(24)13-22-9-11-23(12-10-22)14-19-20-7-8-21(19)2/h3-8,17,24H,9-15H2,1-2H3/t17-/m1/s1. The molecule has 6 nitrogen and oxygen atoms in total. The summed E-state index contributed by atoms with van der Waals surface area (Å²) in [6.07, 6.45) is 3.35. The van der Waals surface area contributed by atoms with Crippen molar-refractivity contribution < 1.29 is 9.84 Å². The van der Waals surface area contributed by atoms with Crippen LogP contribution in [0.25, 0.3) is 0 Å². The highest BCUT2D eigenvalue weighted by molar-refractivity contribution is 5.31. The van der Waals surface area contributed by atoms with E-state index < -0.39 is 6.10 Å². The zero-order valence-electron chi connectivity index (χ0n) is 15.1. The average molecular weight is 344 g/mol. The normalized spacial score (nSPS) is 17.6. The minimum Gasteiger partial charge on any atom is -0.491 e. The molecule has 0 saturated carbocycles. The van der Waals surface area contributed by atoms with Crippen molar-refractivity contribution in [3.63, 3.8) is 0 Å². The van der Waals surface area contributed by atoms with Crippen molar-refractivity contribution >= 4 is 0 Å². The van der Waals surface area contributed by atoms with Crippen LogP contribution in [-0.4, -0.2) is 69.9 Å². The number of para-hydroxylation sites is 1. The SMILES string of the molecule is Cc1ccccc1OC[C@H](O)CN1CCN(Cc2nccn2C)CC1. The molecule has 1 aromatic carbocycles. The second kappa shape index (κ2) is 8.47. The summed E-state index contributed by atoms with van der Waals surface area (Å²) in [6.45, 7) is 7.81. The highest BCUT2D eigenvalue weighted by Crippen LogP contribution is 2.16. The van der Waals surface area contributed by atoms with Crippen LogP contribution in [0.5, 0.6) is 5.75 Å². The molecule has 0 aliphatic carbocycles. The largest absolute Gasteiger partial charge is 0.491 e. The van der Waals surface area contributed by atoms with E-state index in [1.807, 2.05) is 50.6 Å². The lowest BCUT2D eigenvalue weighted by atomic mass is 10.2. The van der Waals surface area contributed by atoms with Gasteiger partial charge in [-0.15, -0.1) is 0 Å². The molecule has 1 aliphatic heterocycles. The predicted octanol–water partition coefficient (Wildman–Crippen LogP) is 1.29. The van der Waals surface area contributed by atoms with Gasteiger partial charge in [-0.1, -0.05) is 18.2 Å². The van der Waals surface area contributed by atoms with E-state index in [4.69, 9.17) is 4.74 Å². The van der Waals surface area contributed by atoms with E-state index in [1.54, 1.807) is 0 Å². The van der Waals surface area contributed by atoms with Crippen molar-refractivity contribution in [3.05, 3.63) is 48.0 Å². The fourth-order valence-electron chi connectivity index (χ4n) is 3.13. The zero-order valence-corrected chi connectivity index (χ0v) is 15.1. The lowest BCUT2D eigenvalue weighted by molar-refractivity contribution is 0.0438. The van der Waals surface area contributed by atoms with E-state index in [1.165, 1.54) is 0 Å². The molecule has 1 atom stereocenters. The summed E-state index contributed by atoms with van der Waals surface area (Å²) >= 11 is 0. The third-order valence-electron chi connectivity index (χ3n) is 4.74. The van der Waals surface area contributed by atoms with Crippen molar-refractivity contribution in [2.45, 2.75) is 19.6 Å². The Balaban J connectivity index is 1.38.